The third-order valence-electron chi connectivity index (χ3n) is 0.871. The molecule has 0 aromatic rings. The standard InChI is InChI=1S/C4H9O2.ClH.Hg/c1-4(5-2)6-3;;/h4H,1H2,2-3H3;1H;/q;;+1/p-1. The van der Waals surface area contributed by atoms with Crippen LogP contribution < -0.4 is 0 Å². The van der Waals surface area contributed by atoms with Crippen LogP contribution in [0.2, 0.25) is 3.93 Å². The molecule has 0 aliphatic rings. The fourth-order valence-electron chi connectivity index (χ4n) is 0.421. The molecule has 0 aromatic heterocycles. The first-order chi connectivity index (χ1) is 3.85. The second kappa shape index (κ2) is 6.27. The molecule has 0 aliphatic carbocycles. The number of ether oxygens (including phenoxy) is 2. The third-order valence-corrected chi connectivity index (χ3v) is 5.47. The summed E-state index contributed by atoms with van der Waals surface area (Å²) in [5.41, 5.74) is 0. The Bertz CT molecular complexity index is 49.3. The number of rotatable bonds is 4. The maximum absolute atomic E-state index is 5.62. The summed E-state index contributed by atoms with van der Waals surface area (Å²) in [4.78, 5) is 0. The minimum atomic E-state index is -1.04. The van der Waals surface area contributed by atoms with Crippen LogP contribution in [0.15, 0.2) is 0 Å². The Morgan fingerprint density at radius 3 is 2.12 bits per heavy atom. The Morgan fingerprint density at radius 1 is 1.50 bits per heavy atom. The van der Waals surface area contributed by atoms with Crippen LogP contribution in [0.25, 0.3) is 0 Å². The summed E-state index contributed by atoms with van der Waals surface area (Å²) in [6.45, 7) is 0. The van der Waals surface area contributed by atoms with Crippen molar-refractivity contribution in [2.75, 3.05) is 14.2 Å². The van der Waals surface area contributed by atoms with Gasteiger partial charge in [-0.15, -0.1) is 0 Å². The van der Waals surface area contributed by atoms with Crippen molar-refractivity contribution in [1.29, 1.82) is 0 Å². The molecule has 2 nitrogen and oxygen atoms in total. The molecule has 0 atom stereocenters. The zero-order valence-electron chi connectivity index (χ0n) is 5.19. The van der Waals surface area contributed by atoms with Gasteiger partial charge in [-0.1, -0.05) is 0 Å². The first-order valence-corrected chi connectivity index (χ1v) is 13.1. The maximum atomic E-state index is 5.62. The molecule has 0 saturated carbocycles. The van der Waals surface area contributed by atoms with Crippen LogP contribution in [0.1, 0.15) is 0 Å². The third kappa shape index (κ3) is 4.07. The van der Waals surface area contributed by atoms with Crippen LogP contribution >= 0.6 is 8.25 Å². The molecule has 0 amide bonds. The average molecular weight is 325 g/mol. The second-order valence-electron chi connectivity index (χ2n) is 1.38. The number of hydrogen-bond donors (Lipinski definition) is 0. The van der Waals surface area contributed by atoms with Gasteiger partial charge in [-0.05, 0) is 0 Å². The molecule has 0 spiro atoms. The van der Waals surface area contributed by atoms with Crippen molar-refractivity contribution in [3.63, 3.8) is 0 Å². The van der Waals surface area contributed by atoms with Gasteiger partial charge in [0.15, 0.2) is 0 Å². The quantitative estimate of drug-likeness (QED) is 0.572. The van der Waals surface area contributed by atoms with Crippen molar-refractivity contribution >= 4 is 8.25 Å². The van der Waals surface area contributed by atoms with Gasteiger partial charge in [0.1, 0.15) is 0 Å². The van der Waals surface area contributed by atoms with Crippen LogP contribution in [-0.4, -0.2) is 20.5 Å². The Balaban J connectivity index is 3.07. The van der Waals surface area contributed by atoms with Crippen LogP contribution in [0.4, 0.5) is 0 Å². The molecule has 0 rings (SSSR count). The molecule has 0 N–H and O–H groups in total. The van der Waals surface area contributed by atoms with Gasteiger partial charge < -0.3 is 0 Å². The van der Waals surface area contributed by atoms with Gasteiger partial charge in [0, 0.05) is 0 Å². The number of halogens is 1. The van der Waals surface area contributed by atoms with E-state index in [9.17, 15) is 0 Å². The first kappa shape index (κ1) is 9.15. The van der Waals surface area contributed by atoms with Crippen LogP contribution in [-0.2, 0) is 32.8 Å². The average Bonchev–Trinajstić information content (AvgIpc) is 1.83. The molecule has 0 bridgehead atoms. The van der Waals surface area contributed by atoms with E-state index in [1.165, 1.54) is 0 Å². The van der Waals surface area contributed by atoms with E-state index in [1.54, 1.807) is 14.2 Å². The van der Waals surface area contributed by atoms with E-state index in [1.807, 2.05) is 0 Å². The fraction of sp³-hybridized carbons (Fsp3) is 1.00. The van der Waals surface area contributed by atoms with Gasteiger partial charge >= 0.3 is 65.5 Å². The van der Waals surface area contributed by atoms with E-state index in [0.717, 1.165) is 3.93 Å². The predicted molar refractivity (Wildman–Crippen MR) is 28.5 cm³/mol. The van der Waals surface area contributed by atoms with Gasteiger partial charge in [-0.3, -0.25) is 0 Å². The van der Waals surface area contributed by atoms with Gasteiger partial charge in [0.2, 0.25) is 0 Å². The van der Waals surface area contributed by atoms with Gasteiger partial charge in [0.05, 0.1) is 0 Å². The molecular formula is C4H9ClHgO2. The zero-order chi connectivity index (χ0) is 6.41. The second-order valence-corrected chi connectivity index (χ2v) is 8.41. The SMILES string of the molecule is COC([CH2][Hg][Cl])OC. The minimum absolute atomic E-state index is 0.0332. The fourth-order valence-corrected chi connectivity index (χ4v) is 4.51. The Kier molecular flexibility index (Phi) is 7.16. The summed E-state index contributed by atoms with van der Waals surface area (Å²) >= 11 is -1.04. The van der Waals surface area contributed by atoms with E-state index in [-0.39, 0.29) is 6.29 Å². The van der Waals surface area contributed by atoms with Crippen LogP contribution in [0.5, 0.6) is 0 Å². The molecule has 0 saturated heterocycles. The van der Waals surface area contributed by atoms with E-state index < -0.39 is 23.3 Å². The summed E-state index contributed by atoms with van der Waals surface area (Å²) < 4.78 is 10.7. The van der Waals surface area contributed by atoms with Crippen LogP contribution in [0.3, 0.4) is 0 Å². The Morgan fingerprint density at radius 2 is 2.00 bits per heavy atom. The summed E-state index contributed by atoms with van der Waals surface area (Å²) in [5.74, 6) is 0. The number of hydrogen-bond acceptors (Lipinski definition) is 2. The first-order valence-electron chi connectivity index (χ1n) is 2.46. The van der Waals surface area contributed by atoms with Crippen molar-refractivity contribution in [2.24, 2.45) is 0 Å². The predicted octanol–water partition coefficient (Wildman–Crippen LogP) is 1.26. The molecule has 0 heterocycles. The van der Waals surface area contributed by atoms with E-state index in [2.05, 4.69) is 0 Å². The molecule has 0 aliphatic heterocycles. The van der Waals surface area contributed by atoms with Gasteiger partial charge in [0.25, 0.3) is 0 Å². The monoisotopic (exact) mass is 326 g/mol. The molecule has 46 valence electrons. The Labute approximate surface area is 65.4 Å². The summed E-state index contributed by atoms with van der Waals surface area (Å²) in [6.07, 6.45) is -0.0332. The van der Waals surface area contributed by atoms with Crippen molar-refractivity contribution in [1.82, 2.24) is 0 Å². The molecular weight excluding hydrogens is 316 g/mol. The summed E-state index contributed by atoms with van der Waals surface area (Å²) in [6, 6.07) is 0. The molecule has 8 heavy (non-hydrogen) atoms. The summed E-state index contributed by atoms with van der Waals surface area (Å²) in [5, 5.41) is 0. The normalized spacial score (nSPS) is 9.50. The van der Waals surface area contributed by atoms with Crippen molar-refractivity contribution in [3.05, 3.63) is 0 Å². The van der Waals surface area contributed by atoms with E-state index >= 15 is 0 Å². The topological polar surface area (TPSA) is 18.5 Å². The molecule has 0 radical (unpaired) electrons. The van der Waals surface area contributed by atoms with E-state index in [4.69, 9.17) is 17.7 Å². The summed E-state index contributed by atoms with van der Waals surface area (Å²) in [7, 11) is 8.88. The molecule has 4 heteroatoms. The molecule has 0 unspecified atom stereocenters. The zero-order valence-corrected chi connectivity index (χ0v) is 11.4. The van der Waals surface area contributed by atoms with Gasteiger partial charge in [-0.2, -0.15) is 0 Å². The molecule has 0 fully saturated rings. The van der Waals surface area contributed by atoms with Gasteiger partial charge in [-0.25, -0.2) is 0 Å². The van der Waals surface area contributed by atoms with Crippen LogP contribution in [0, 0.1) is 0 Å². The van der Waals surface area contributed by atoms with E-state index in [0.29, 0.717) is 0 Å². The van der Waals surface area contributed by atoms with Crippen molar-refractivity contribution in [3.8, 4) is 0 Å². The van der Waals surface area contributed by atoms with Crippen molar-refractivity contribution < 1.29 is 32.8 Å². The van der Waals surface area contributed by atoms with Crippen molar-refractivity contribution in [2.45, 2.75) is 10.2 Å². The Hall–Kier alpha value is 1.15. The molecule has 0 aromatic carbocycles. The number of methoxy groups -OCH3 is 2.